The van der Waals surface area contributed by atoms with Gasteiger partial charge in [-0.05, 0) is 51.0 Å². The van der Waals surface area contributed by atoms with Gasteiger partial charge in [0, 0.05) is 23.4 Å². The van der Waals surface area contributed by atoms with Gasteiger partial charge in [-0.1, -0.05) is 23.8 Å². The minimum atomic E-state index is -0.411. The molecule has 3 rings (SSSR count). The molecule has 1 aliphatic rings. The van der Waals surface area contributed by atoms with Gasteiger partial charge in [0.15, 0.2) is 0 Å². The summed E-state index contributed by atoms with van der Waals surface area (Å²) in [5, 5.41) is 5.82. The lowest BCUT2D eigenvalue weighted by molar-refractivity contribution is -0.124. The Morgan fingerprint density at radius 1 is 1.21 bits per heavy atom. The molecule has 2 aromatic carbocycles. The summed E-state index contributed by atoms with van der Waals surface area (Å²) in [6, 6.07) is 12.5. The SMILES string of the molecule is COc1ccc(C)cc1C(C)NC(=O)c1cccc(NC(=O)C2CCCO2)c1. The molecule has 1 fully saturated rings. The third kappa shape index (κ3) is 4.70. The van der Waals surface area contributed by atoms with Crippen molar-refractivity contribution in [3.8, 4) is 5.75 Å². The van der Waals surface area contributed by atoms with Crippen LogP contribution in [0.2, 0.25) is 0 Å². The second-order valence-corrected chi connectivity index (χ2v) is 7.01. The summed E-state index contributed by atoms with van der Waals surface area (Å²) in [7, 11) is 1.61. The van der Waals surface area contributed by atoms with E-state index in [0.29, 0.717) is 17.9 Å². The molecule has 148 valence electrons. The molecule has 6 heteroatoms. The first kappa shape index (κ1) is 19.9. The Morgan fingerprint density at radius 3 is 2.75 bits per heavy atom. The largest absolute Gasteiger partial charge is 0.496 e. The Kier molecular flexibility index (Phi) is 6.31. The number of rotatable bonds is 6. The molecule has 2 unspecified atom stereocenters. The monoisotopic (exact) mass is 382 g/mol. The molecule has 0 bridgehead atoms. The molecule has 6 nitrogen and oxygen atoms in total. The Hall–Kier alpha value is -2.86. The maximum Gasteiger partial charge on any atom is 0.253 e. The molecule has 28 heavy (non-hydrogen) atoms. The number of benzene rings is 2. The van der Waals surface area contributed by atoms with E-state index in [-0.39, 0.29) is 17.9 Å². The van der Waals surface area contributed by atoms with Crippen molar-refractivity contribution in [2.45, 2.75) is 38.8 Å². The summed E-state index contributed by atoms with van der Waals surface area (Å²) in [5.41, 5.74) is 3.06. The van der Waals surface area contributed by atoms with E-state index in [4.69, 9.17) is 9.47 Å². The average molecular weight is 382 g/mol. The molecular weight excluding hydrogens is 356 g/mol. The smallest absolute Gasteiger partial charge is 0.253 e. The van der Waals surface area contributed by atoms with Crippen molar-refractivity contribution in [3.05, 3.63) is 59.2 Å². The van der Waals surface area contributed by atoms with Gasteiger partial charge in [0.1, 0.15) is 11.9 Å². The molecule has 2 atom stereocenters. The van der Waals surface area contributed by atoms with Crippen LogP contribution in [0, 0.1) is 6.92 Å². The van der Waals surface area contributed by atoms with E-state index >= 15 is 0 Å². The quantitative estimate of drug-likeness (QED) is 0.800. The minimum Gasteiger partial charge on any atom is -0.496 e. The van der Waals surface area contributed by atoms with Crippen LogP contribution in [0.5, 0.6) is 5.75 Å². The summed E-state index contributed by atoms with van der Waals surface area (Å²) in [6.07, 6.45) is 1.20. The van der Waals surface area contributed by atoms with Crippen LogP contribution in [0.25, 0.3) is 0 Å². The number of carbonyl (C=O) groups excluding carboxylic acids is 2. The molecule has 2 N–H and O–H groups in total. The van der Waals surface area contributed by atoms with Gasteiger partial charge < -0.3 is 20.1 Å². The first-order valence-corrected chi connectivity index (χ1v) is 9.46. The number of ether oxygens (including phenoxy) is 2. The Balaban J connectivity index is 1.69. The van der Waals surface area contributed by atoms with Crippen LogP contribution in [0.3, 0.4) is 0 Å². The first-order valence-electron chi connectivity index (χ1n) is 9.46. The number of aryl methyl sites for hydroxylation is 1. The normalized spacial score (nSPS) is 17.0. The summed E-state index contributed by atoms with van der Waals surface area (Å²) < 4.78 is 10.8. The number of nitrogens with one attached hydrogen (secondary N) is 2. The highest BCUT2D eigenvalue weighted by Gasteiger charge is 2.23. The lowest BCUT2D eigenvalue weighted by Crippen LogP contribution is -2.28. The Bertz CT molecular complexity index is 859. The van der Waals surface area contributed by atoms with E-state index in [1.165, 1.54) is 0 Å². The zero-order chi connectivity index (χ0) is 20.1. The predicted molar refractivity (Wildman–Crippen MR) is 108 cm³/mol. The van der Waals surface area contributed by atoms with E-state index in [0.717, 1.165) is 29.7 Å². The maximum absolute atomic E-state index is 12.7. The molecule has 1 saturated heterocycles. The molecule has 0 spiro atoms. The Labute approximate surface area is 165 Å². The molecule has 0 radical (unpaired) electrons. The second-order valence-electron chi connectivity index (χ2n) is 7.01. The summed E-state index contributed by atoms with van der Waals surface area (Å²) in [5.74, 6) is 0.341. The number of carbonyl (C=O) groups is 2. The van der Waals surface area contributed by atoms with Crippen molar-refractivity contribution in [3.63, 3.8) is 0 Å². The molecule has 1 heterocycles. The summed E-state index contributed by atoms with van der Waals surface area (Å²) in [4.78, 5) is 24.9. The first-order chi connectivity index (χ1) is 13.5. The van der Waals surface area contributed by atoms with Gasteiger partial charge in [-0.15, -0.1) is 0 Å². The summed E-state index contributed by atoms with van der Waals surface area (Å²) >= 11 is 0. The molecular formula is C22H26N2O4. The van der Waals surface area contributed by atoms with Crippen LogP contribution in [0.15, 0.2) is 42.5 Å². The summed E-state index contributed by atoms with van der Waals surface area (Å²) in [6.45, 7) is 4.52. The maximum atomic E-state index is 12.7. The van der Waals surface area contributed by atoms with Crippen molar-refractivity contribution >= 4 is 17.5 Å². The topological polar surface area (TPSA) is 76.7 Å². The number of methoxy groups -OCH3 is 1. The van der Waals surface area contributed by atoms with Crippen molar-refractivity contribution < 1.29 is 19.1 Å². The molecule has 0 aliphatic carbocycles. The Morgan fingerprint density at radius 2 is 2.04 bits per heavy atom. The molecule has 0 aromatic heterocycles. The van der Waals surface area contributed by atoms with Gasteiger partial charge in [-0.25, -0.2) is 0 Å². The van der Waals surface area contributed by atoms with Gasteiger partial charge in [-0.3, -0.25) is 9.59 Å². The predicted octanol–water partition coefficient (Wildman–Crippen LogP) is 3.61. The highest BCUT2D eigenvalue weighted by molar-refractivity contribution is 5.98. The zero-order valence-electron chi connectivity index (χ0n) is 16.5. The van der Waals surface area contributed by atoms with Crippen LogP contribution in [-0.2, 0) is 9.53 Å². The van der Waals surface area contributed by atoms with Crippen molar-refractivity contribution in [2.24, 2.45) is 0 Å². The van der Waals surface area contributed by atoms with Gasteiger partial charge in [0.05, 0.1) is 13.2 Å². The van der Waals surface area contributed by atoms with Crippen LogP contribution in [0.4, 0.5) is 5.69 Å². The number of hydrogen-bond donors (Lipinski definition) is 2. The van der Waals surface area contributed by atoms with Crippen molar-refractivity contribution in [2.75, 3.05) is 19.0 Å². The van der Waals surface area contributed by atoms with Crippen LogP contribution >= 0.6 is 0 Å². The number of anilines is 1. The fourth-order valence-electron chi connectivity index (χ4n) is 3.30. The van der Waals surface area contributed by atoms with Gasteiger partial charge >= 0.3 is 0 Å². The van der Waals surface area contributed by atoms with Gasteiger partial charge in [-0.2, -0.15) is 0 Å². The van der Waals surface area contributed by atoms with Crippen molar-refractivity contribution in [1.29, 1.82) is 0 Å². The van der Waals surface area contributed by atoms with Crippen molar-refractivity contribution in [1.82, 2.24) is 5.32 Å². The van der Waals surface area contributed by atoms with Crippen LogP contribution in [-0.4, -0.2) is 31.6 Å². The highest BCUT2D eigenvalue weighted by Crippen LogP contribution is 2.26. The molecule has 2 aromatic rings. The number of amides is 2. The average Bonchev–Trinajstić information content (AvgIpc) is 3.23. The van der Waals surface area contributed by atoms with E-state index in [9.17, 15) is 9.59 Å². The van der Waals surface area contributed by atoms with Gasteiger partial charge in [0.25, 0.3) is 11.8 Å². The van der Waals surface area contributed by atoms with Gasteiger partial charge in [0.2, 0.25) is 0 Å². The van der Waals surface area contributed by atoms with E-state index < -0.39 is 6.10 Å². The second kappa shape index (κ2) is 8.89. The fourth-order valence-corrected chi connectivity index (χ4v) is 3.30. The van der Waals surface area contributed by atoms with Crippen LogP contribution < -0.4 is 15.4 Å². The number of hydrogen-bond acceptors (Lipinski definition) is 4. The molecule has 0 saturated carbocycles. The third-order valence-corrected chi connectivity index (χ3v) is 4.81. The lowest BCUT2D eigenvalue weighted by atomic mass is 10.0. The van der Waals surface area contributed by atoms with E-state index in [1.54, 1.807) is 31.4 Å². The van der Waals surface area contributed by atoms with E-state index in [2.05, 4.69) is 10.6 Å². The lowest BCUT2D eigenvalue weighted by Gasteiger charge is -2.18. The minimum absolute atomic E-state index is 0.173. The zero-order valence-corrected chi connectivity index (χ0v) is 16.5. The molecule has 2 amide bonds. The standard InChI is InChI=1S/C22H26N2O4/c1-14-9-10-19(27-3)18(12-14)15(2)23-21(25)16-6-4-7-17(13-16)24-22(26)20-8-5-11-28-20/h4,6-7,9-10,12-13,15,20H,5,8,11H2,1-3H3,(H,23,25)(H,24,26). The fraction of sp³-hybridized carbons (Fsp3) is 0.364. The van der Waals surface area contributed by atoms with E-state index in [1.807, 2.05) is 32.0 Å². The molecule has 1 aliphatic heterocycles. The third-order valence-electron chi connectivity index (χ3n) is 4.81. The van der Waals surface area contributed by atoms with Crippen LogP contribution in [0.1, 0.15) is 47.3 Å². The highest BCUT2D eigenvalue weighted by atomic mass is 16.5.